The first-order chi connectivity index (χ1) is 10.2. The molecule has 1 fully saturated rings. The number of likely N-dealkylation sites (tertiary alicyclic amines) is 1. The van der Waals surface area contributed by atoms with Crippen LogP contribution in [0.4, 0.5) is 5.69 Å². The summed E-state index contributed by atoms with van der Waals surface area (Å²) in [4.78, 5) is 18.8. The Hall–Kier alpha value is -1.88. The number of thiazole rings is 1. The SMILES string of the molecule is Nc1cccc(-c2csc(CC(=O)N3CCCCC3)n2)c1. The van der Waals surface area contributed by atoms with E-state index in [9.17, 15) is 4.79 Å². The third kappa shape index (κ3) is 3.42. The Bertz CT molecular complexity index is 632. The Labute approximate surface area is 128 Å². The van der Waals surface area contributed by atoms with Gasteiger partial charge in [0, 0.05) is 29.7 Å². The molecule has 0 unspecified atom stereocenters. The molecule has 0 aliphatic carbocycles. The third-order valence-corrected chi connectivity index (χ3v) is 4.59. The van der Waals surface area contributed by atoms with Crippen molar-refractivity contribution >= 4 is 22.9 Å². The first-order valence-corrected chi connectivity index (χ1v) is 8.18. The summed E-state index contributed by atoms with van der Waals surface area (Å²) in [5.41, 5.74) is 8.42. The van der Waals surface area contributed by atoms with E-state index in [1.165, 1.54) is 6.42 Å². The van der Waals surface area contributed by atoms with Crippen LogP contribution >= 0.6 is 11.3 Å². The van der Waals surface area contributed by atoms with Gasteiger partial charge in [0.15, 0.2) is 0 Å². The van der Waals surface area contributed by atoms with Gasteiger partial charge < -0.3 is 10.6 Å². The van der Waals surface area contributed by atoms with Gasteiger partial charge in [-0.05, 0) is 31.4 Å². The van der Waals surface area contributed by atoms with E-state index in [-0.39, 0.29) is 5.91 Å². The number of aromatic nitrogens is 1. The van der Waals surface area contributed by atoms with Crippen LogP contribution in [0.3, 0.4) is 0 Å². The molecule has 2 aromatic rings. The van der Waals surface area contributed by atoms with Crippen LogP contribution in [0.2, 0.25) is 0 Å². The molecular formula is C16H19N3OS. The Morgan fingerprint density at radius 2 is 2.10 bits per heavy atom. The lowest BCUT2D eigenvalue weighted by Gasteiger charge is -2.26. The molecule has 0 saturated carbocycles. The maximum absolute atomic E-state index is 12.2. The third-order valence-electron chi connectivity index (χ3n) is 3.75. The smallest absolute Gasteiger partial charge is 0.229 e. The van der Waals surface area contributed by atoms with Gasteiger partial charge in [-0.15, -0.1) is 11.3 Å². The summed E-state index contributed by atoms with van der Waals surface area (Å²) >= 11 is 1.54. The van der Waals surface area contributed by atoms with E-state index in [1.807, 2.05) is 34.5 Å². The van der Waals surface area contributed by atoms with Gasteiger partial charge in [0.25, 0.3) is 0 Å². The summed E-state index contributed by atoms with van der Waals surface area (Å²) in [6.45, 7) is 1.79. The molecule has 0 radical (unpaired) electrons. The highest BCUT2D eigenvalue weighted by Gasteiger charge is 2.18. The van der Waals surface area contributed by atoms with Crippen molar-refractivity contribution in [3.63, 3.8) is 0 Å². The second kappa shape index (κ2) is 6.26. The zero-order chi connectivity index (χ0) is 14.7. The van der Waals surface area contributed by atoms with Gasteiger partial charge in [0.1, 0.15) is 5.01 Å². The lowest BCUT2D eigenvalue weighted by atomic mass is 10.1. The quantitative estimate of drug-likeness (QED) is 0.887. The van der Waals surface area contributed by atoms with Crippen molar-refractivity contribution in [1.29, 1.82) is 0 Å². The van der Waals surface area contributed by atoms with Crippen LogP contribution in [0.15, 0.2) is 29.6 Å². The molecule has 1 aromatic heterocycles. The van der Waals surface area contributed by atoms with E-state index < -0.39 is 0 Å². The fourth-order valence-electron chi connectivity index (χ4n) is 2.61. The monoisotopic (exact) mass is 301 g/mol. The van der Waals surface area contributed by atoms with Gasteiger partial charge in [-0.25, -0.2) is 4.98 Å². The number of carbonyl (C=O) groups excluding carboxylic acids is 1. The Morgan fingerprint density at radius 1 is 1.29 bits per heavy atom. The normalized spacial score (nSPS) is 15.1. The Balaban J connectivity index is 1.69. The van der Waals surface area contributed by atoms with E-state index in [0.29, 0.717) is 6.42 Å². The summed E-state index contributed by atoms with van der Waals surface area (Å²) in [7, 11) is 0. The molecule has 1 saturated heterocycles. The van der Waals surface area contributed by atoms with Crippen LogP contribution in [0.5, 0.6) is 0 Å². The van der Waals surface area contributed by atoms with Gasteiger partial charge in [-0.2, -0.15) is 0 Å². The molecule has 1 aromatic carbocycles. The minimum absolute atomic E-state index is 0.197. The van der Waals surface area contributed by atoms with Crippen LogP contribution < -0.4 is 5.73 Å². The van der Waals surface area contributed by atoms with Crippen molar-refractivity contribution < 1.29 is 4.79 Å². The maximum Gasteiger partial charge on any atom is 0.229 e. The molecule has 2 N–H and O–H groups in total. The molecule has 4 nitrogen and oxygen atoms in total. The van der Waals surface area contributed by atoms with Gasteiger partial charge in [0.2, 0.25) is 5.91 Å². The van der Waals surface area contributed by atoms with E-state index in [0.717, 1.165) is 47.9 Å². The number of hydrogen-bond donors (Lipinski definition) is 1. The average Bonchev–Trinajstić information content (AvgIpc) is 2.97. The van der Waals surface area contributed by atoms with E-state index in [4.69, 9.17) is 5.73 Å². The Kier molecular flexibility index (Phi) is 4.20. The lowest BCUT2D eigenvalue weighted by molar-refractivity contribution is -0.131. The largest absolute Gasteiger partial charge is 0.399 e. The minimum atomic E-state index is 0.197. The van der Waals surface area contributed by atoms with Crippen molar-refractivity contribution in [2.75, 3.05) is 18.8 Å². The number of nitrogen functional groups attached to an aromatic ring is 1. The highest BCUT2D eigenvalue weighted by atomic mass is 32.1. The molecule has 3 rings (SSSR count). The zero-order valence-corrected chi connectivity index (χ0v) is 12.7. The number of anilines is 1. The molecule has 0 atom stereocenters. The van der Waals surface area contributed by atoms with Crippen molar-refractivity contribution in [2.45, 2.75) is 25.7 Å². The number of piperidine rings is 1. The van der Waals surface area contributed by atoms with Crippen LogP contribution in [-0.2, 0) is 11.2 Å². The summed E-state index contributed by atoms with van der Waals surface area (Å²) < 4.78 is 0. The van der Waals surface area contributed by atoms with Crippen molar-refractivity contribution in [1.82, 2.24) is 9.88 Å². The number of nitrogens with two attached hydrogens (primary N) is 1. The molecule has 110 valence electrons. The highest BCUT2D eigenvalue weighted by Crippen LogP contribution is 2.24. The van der Waals surface area contributed by atoms with Crippen molar-refractivity contribution in [2.24, 2.45) is 0 Å². The number of nitrogens with zero attached hydrogens (tertiary/aromatic N) is 2. The van der Waals surface area contributed by atoms with Gasteiger partial charge in [0.05, 0.1) is 12.1 Å². The van der Waals surface area contributed by atoms with Crippen LogP contribution in [0.25, 0.3) is 11.3 Å². The first-order valence-electron chi connectivity index (χ1n) is 7.30. The second-order valence-corrected chi connectivity index (χ2v) is 6.31. The topological polar surface area (TPSA) is 59.2 Å². The summed E-state index contributed by atoms with van der Waals surface area (Å²) in [5.74, 6) is 0.197. The van der Waals surface area contributed by atoms with Crippen LogP contribution in [0.1, 0.15) is 24.3 Å². The molecule has 21 heavy (non-hydrogen) atoms. The standard InChI is InChI=1S/C16H19N3OS/c17-13-6-4-5-12(9-13)14-11-21-15(18-14)10-16(20)19-7-2-1-3-8-19/h4-6,9,11H,1-3,7-8,10,17H2. The molecule has 2 heterocycles. The number of amides is 1. The fraction of sp³-hybridized carbons (Fsp3) is 0.375. The summed E-state index contributed by atoms with van der Waals surface area (Å²) in [6, 6.07) is 7.67. The zero-order valence-electron chi connectivity index (χ0n) is 11.9. The van der Waals surface area contributed by atoms with E-state index >= 15 is 0 Å². The van der Waals surface area contributed by atoms with E-state index in [2.05, 4.69) is 4.98 Å². The van der Waals surface area contributed by atoms with Crippen molar-refractivity contribution in [3.8, 4) is 11.3 Å². The number of hydrogen-bond acceptors (Lipinski definition) is 4. The van der Waals surface area contributed by atoms with Gasteiger partial charge in [-0.3, -0.25) is 4.79 Å². The minimum Gasteiger partial charge on any atom is -0.399 e. The molecule has 1 aliphatic heterocycles. The molecule has 0 spiro atoms. The molecule has 5 heteroatoms. The molecule has 0 bridgehead atoms. The van der Waals surface area contributed by atoms with E-state index in [1.54, 1.807) is 11.3 Å². The maximum atomic E-state index is 12.2. The predicted molar refractivity (Wildman–Crippen MR) is 86.1 cm³/mol. The van der Waals surface area contributed by atoms with Gasteiger partial charge in [-0.1, -0.05) is 12.1 Å². The molecule has 1 amide bonds. The van der Waals surface area contributed by atoms with Crippen LogP contribution in [-0.4, -0.2) is 28.9 Å². The lowest BCUT2D eigenvalue weighted by Crippen LogP contribution is -2.36. The average molecular weight is 301 g/mol. The summed E-state index contributed by atoms with van der Waals surface area (Å²) in [6.07, 6.45) is 3.89. The predicted octanol–water partition coefficient (Wildman–Crippen LogP) is 2.95. The van der Waals surface area contributed by atoms with Gasteiger partial charge >= 0.3 is 0 Å². The number of benzene rings is 1. The van der Waals surface area contributed by atoms with Crippen LogP contribution in [0, 0.1) is 0 Å². The Morgan fingerprint density at radius 3 is 2.86 bits per heavy atom. The number of carbonyl (C=O) groups is 1. The number of rotatable bonds is 3. The second-order valence-electron chi connectivity index (χ2n) is 5.37. The first kappa shape index (κ1) is 14.1. The summed E-state index contributed by atoms with van der Waals surface area (Å²) in [5, 5.41) is 2.87. The fourth-order valence-corrected chi connectivity index (χ4v) is 3.40. The van der Waals surface area contributed by atoms with Crippen molar-refractivity contribution in [3.05, 3.63) is 34.7 Å². The molecule has 1 aliphatic rings. The highest BCUT2D eigenvalue weighted by molar-refractivity contribution is 7.10. The molecular weight excluding hydrogens is 282 g/mol.